The molecule has 0 radical (unpaired) electrons. The maximum atomic E-state index is 12.7. The van der Waals surface area contributed by atoms with Gasteiger partial charge in [-0.2, -0.15) is 0 Å². The third kappa shape index (κ3) is 2.52. The number of fused-ring (bicyclic) bond motifs is 1. The summed E-state index contributed by atoms with van der Waals surface area (Å²) in [7, 11) is 0. The molecule has 2 amide bonds. The summed E-state index contributed by atoms with van der Waals surface area (Å²) in [6.45, 7) is 2.98. The number of pyridine rings is 1. The number of likely N-dealkylation sites (tertiary alicyclic amines) is 1. The second kappa shape index (κ2) is 5.57. The van der Waals surface area contributed by atoms with E-state index in [1.54, 1.807) is 4.90 Å². The number of amides is 2. The molecule has 1 aliphatic rings. The number of aromatic nitrogens is 1. The number of rotatable bonds is 2. The van der Waals surface area contributed by atoms with Crippen molar-refractivity contribution in [2.75, 3.05) is 18.8 Å². The van der Waals surface area contributed by atoms with E-state index in [1.807, 2.05) is 19.1 Å². The molecule has 4 N–H and O–H groups in total. The zero-order valence-corrected chi connectivity index (χ0v) is 13.2. The summed E-state index contributed by atoms with van der Waals surface area (Å²) in [4.78, 5) is 31.3. The van der Waals surface area contributed by atoms with Crippen molar-refractivity contribution in [3.8, 4) is 0 Å². The quantitative estimate of drug-likeness (QED) is 0.876. The Morgan fingerprint density at radius 3 is 2.64 bits per heavy atom. The summed E-state index contributed by atoms with van der Waals surface area (Å²) >= 11 is 1.33. The number of nitrogen functional groups attached to an aromatic ring is 1. The highest BCUT2D eigenvalue weighted by atomic mass is 32.1. The van der Waals surface area contributed by atoms with Gasteiger partial charge in [-0.1, -0.05) is 0 Å². The number of nitrogens with two attached hydrogens (primary N) is 2. The number of thiophene rings is 1. The van der Waals surface area contributed by atoms with E-state index in [1.165, 1.54) is 11.3 Å². The standard InChI is InChI=1S/C15H18N4O2S/c1-8-2-3-10-11(16)12(22-14(10)18-8)15(21)19-6-4-9(5-7-19)13(17)20/h2-3,9H,4-7,16H2,1H3,(H2,17,20). The summed E-state index contributed by atoms with van der Waals surface area (Å²) in [6.07, 6.45) is 1.23. The lowest BCUT2D eigenvalue weighted by molar-refractivity contribution is -0.123. The Labute approximate surface area is 132 Å². The molecule has 3 heterocycles. The topological polar surface area (TPSA) is 102 Å². The molecule has 0 unspecified atom stereocenters. The number of carbonyl (C=O) groups excluding carboxylic acids is 2. The average Bonchev–Trinajstić information content (AvgIpc) is 2.83. The Morgan fingerprint density at radius 2 is 2.00 bits per heavy atom. The zero-order chi connectivity index (χ0) is 15.9. The van der Waals surface area contributed by atoms with Crippen LogP contribution in [-0.4, -0.2) is 34.8 Å². The summed E-state index contributed by atoms with van der Waals surface area (Å²) in [5.74, 6) is -0.498. The fourth-order valence-corrected chi connectivity index (χ4v) is 3.87. The van der Waals surface area contributed by atoms with Crippen LogP contribution in [0.25, 0.3) is 10.2 Å². The van der Waals surface area contributed by atoms with Crippen molar-refractivity contribution in [2.24, 2.45) is 11.7 Å². The number of piperidine rings is 1. The van der Waals surface area contributed by atoms with E-state index >= 15 is 0 Å². The van der Waals surface area contributed by atoms with Crippen LogP contribution in [0.4, 0.5) is 5.69 Å². The van der Waals surface area contributed by atoms with E-state index in [9.17, 15) is 9.59 Å². The fraction of sp³-hybridized carbons (Fsp3) is 0.400. The second-order valence-electron chi connectivity index (χ2n) is 5.62. The van der Waals surface area contributed by atoms with Crippen LogP contribution in [0.5, 0.6) is 0 Å². The first-order chi connectivity index (χ1) is 10.5. The number of aryl methyl sites for hydroxylation is 1. The van der Waals surface area contributed by atoms with Crippen molar-refractivity contribution in [1.82, 2.24) is 9.88 Å². The van der Waals surface area contributed by atoms with Crippen molar-refractivity contribution in [1.29, 1.82) is 0 Å². The van der Waals surface area contributed by atoms with Crippen LogP contribution in [0.2, 0.25) is 0 Å². The minimum Gasteiger partial charge on any atom is -0.397 e. The molecule has 0 spiro atoms. The van der Waals surface area contributed by atoms with Crippen LogP contribution < -0.4 is 11.5 Å². The maximum absolute atomic E-state index is 12.7. The van der Waals surface area contributed by atoms with E-state index in [2.05, 4.69) is 4.98 Å². The Morgan fingerprint density at radius 1 is 1.32 bits per heavy atom. The molecule has 0 saturated carbocycles. The molecule has 116 valence electrons. The Hall–Kier alpha value is -2.15. The van der Waals surface area contributed by atoms with Crippen molar-refractivity contribution >= 4 is 39.1 Å². The van der Waals surface area contributed by atoms with Gasteiger partial charge in [0.15, 0.2) is 0 Å². The van der Waals surface area contributed by atoms with E-state index in [-0.39, 0.29) is 17.7 Å². The van der Waals surface area contributed by atoms with Crippen LogP contribution in [0.1, 0.15) is 28.2 Å². The summed E-state index contributed by atoms with van der Waals surface area (Å²) in [6, 6.07) is 3.79. The van der Waals surface area contributed by atoms with Gasteiger partial charge in [0.25, 0.3) is 5.91 Å². The minimum absolute atomic E-state index is 0.0823. The van der Waals surface area contributed by atoms with Gasteiger partial charge in [-0.05, 0) is 31.9 Å². The van der Waals surface area contributed by atoms with E-state index < -0.39 is 0 Å². The lowest BCUT2D eigenvalue weighted by Gasteiger charge is -2.30. The van der Waals surface area contributed by atoms with Gasteiger partial charge in [0, 0.05) is 30.1 Å². The van der Waals surface area contributed by atoms with Crippen LogP contribution in [0, 0.1) is 12.8 Å². The third-order valence-electron chi connectivity index (χ3n) is 4.11. The first-order valence-corrected chi connectivity index (χ1v) is 8.03. The molecule has 1 saturated heterocycles. The predicted molar refractivity (Wildman–Crippen MR) is 86.6 cm³/mol. The van der Waals surface area contributed by atoms with Gasteiger partial charge in [0.2, 0.25) is 5.91 Å². The Bertz CT molecular complexity index is 747. The molecule has 0 aromatic carbocycles. The number of nitrogens with zero attached hydrogens (tertiary/aromatic N) is 2. The van der Waals surface area contributed by atoms with Gasteiger partial charge < -0.3 is 16.4 Å². The summed E-state index contributed by atoms with van der Waals surface area (Å²) in [5, 5.41) is 0.825. The average molecular weight is 318 g/mol. The van der Waals surface area contributed by atoms with Crippen LogP contribution in [0.15, 0.2) is 12.1 Å². The van der Waals surface area contributed by atoms with Crippen LogP contribution in [-0.2, 0) is 4.79 Å². The molecule has 7 heteroatoms. The number of primary amides is 1. The van der Waals surface area contributed by atoms with Crippen LogP contribution in [0.3, 0.4) is 0 Å². The monoisotopic (exact) mass is 318 g/mol. The van der Waals surface area contributed by atoms with E-state index in [0.717, 1.165) is 15.9 Å². The molecule has 22 heavy (non-hydrogen) atoms. The minimum atomic E-state index is -0.284. The molecule has 3 rings (SSSR count). The lowest BCUT2D eigenvalue weighted by Crippen LogP contribution is -2.41. The molecule has 6 nitrogen and oxygen atoms in total. The van der Waals surface area contributed by atoms with Crippen molar-refractivity contribution in [3.63, 3.8) is 0 Å². The molecule has 2 aromatic heterocycles. The number of anilines is 1. The van der Waals surface area contributed by atoms with Gasteiger partial charge in [-0.3, -0.25) is 9.59 Å². The third-order valence-corrected chi connectivity index (χ3v) is 5.22. The van der Waals surface area contributed by atoms with Crippen LogP contribution >= 0.6 is 11.3 Å². The molecule has 2 aromatic rings. The molecule has 0 bridgehead atoms. The first kappa shape index (κ1) is 14.8. The van der Waals surface area contributed by atoms with Crippen molar-refractivity contribution < 1.29 is 9.59 Å². The Kier molecular flexibility index (Phi) is 3.74. The molecule has 1 fully saturated rings. The fourth-order valence-electron chi connectivity index (χ4n) is 2.76. The maximum Gasteiger partial charge on any atom is 0.266 e. The van der Waals surface area contributed by atoms with Gasteiger partial charge in [-0.25, -0.2) is 4.98 Å². The smallest absolute Gasteiger partial charge is 0.266 e. The molecule has 0 aliphatic carbocycles. The number of carbonyl (C=O) groups is 2. The highest BCUT2D eigenvalue weighted by Crippen LogP contribution is 2.34. The highest BCUT2D eigenvalue weighted by Gasteiger charge is 2.28. The first-order valence-electron chi connectivity index (χ1n) is 7.21. The molecular formula is C15H18N4O2S. The molecule has 1 aliphatic heterocycles. The van der Waals surface area contributed by atoms with Gasteiger partial charge in [0.05, 0.1) is 5.69 Å². The molecule has 0 atom stereocenters. The number of hydrogen-bond acceptors (Lipinski definition) is 5. The lowest BCUT2D eigenvalue weighted by atomic mass is 9.96. The highest BCUT2D eigenvalue weighted by molar-refractivity contribution is 7.21. The summed E-state index contributed by atoms with van der Waals surface area (Å²) in [5.41, 5.74) is 12.8. The van der Waals surface area contributed by atoms with Gasteiger partial charge in [-0.15, -0.1) is 11.3 Å². The normalized spacial score (nSPS) is 16.1. The van der Waals surface area contributed by atoms with E-state index in [4.69, 9.17) is 11.5 Å². The predicted octanol–water partition coefficient (Wildman–Crippen LogP) is 1.52. The largest absolute Gasteiger partial charge is 0.397 e. The summed E-state index contributed by atoms with van der Waals surface area (Å²) < 4.78 is 0. The van der Waals surface area contributed by atoms with Crippen molar-refractivity contribution in [2.45, 2.75) is 19.8 Å². The van der Waals surface area contributed by atoms with Gasteiger partial charge >= 0.3 is 0 Å². The van der Waals surface area contributed by atoms with Gasteiger partial charge in [0.1, 0.15) is 9.71 Å². The molecular weight excluding hydrogens is 300 g/mol. The second-order valence-corrected chi connectivity index (χ2v) is 6.62. The zero-order valence-electron chi connectivity index (χ0n) is 12.3. The Balaban J connectivity index is 1.84. The number of hydrogen-bond donors (Lipinski definition) is 2. The SMILES string of the molecule is Cc1ccc2c(N)c(C(=O)N3CCC(C(N)=O)CC3)sc2n1. The van der Waals surface area contributed by atoms with E-state index in [0.29, 0.717) is 36.5 Å². The van der Waals surface area contributed by atoms with Crippen molar-refractivity contribution in [3.05, 3.63) is 22.7 Å².